The summed E-state index contributed by atoms with van der Waals surface area (Å²) in [7, 11) is 0. The van der Waals surface area contributed by atoms with Crippen molar-refractivity contribution < 1.29 is 4.79 Å². The second kappa shape index (κ2) is 7.63. The SMILES string of the molecule is CCN(CC)C(=O)C[Te](Br)(Br)c1c(C)cc(C)cc1C. The van der Waals surface area contributed by atoms with E-state index in [4.69, 9.17) is 0 Å². The van der Waals surface area contributed by atoms with Gasteiger partial charge in [-0.3, -0.25) is 0 Å². The van der Waals surface area contributed by atoms with Crippen LogP contribution in [0.5, 0.6) is 0 Å². The molecule has 0 N–H and O–H groups in total. The predicted molar refractivity (Wildman–Crippen MR) is 96.6 cm³/mol. The predicted octanol–water partition coefficient (Wildman–Crippen LogP) is 3.92. The molecule has 20 heavy (non-hydrogen) atoms. The first-order chi connectivity index (χ1) is 9.22. The fourth-order valence-electron chi connectivity index (χ4n) is 2.53. The number of benzene rings is 1. The third-order valence-electron chi connectivity index (χ3n) is 3.32. The van der Waals surface area contributed by atoms with Crippen LogP contribution in [0.1, 0.15) is 30.5 Å². The van der Waals surface area contributed by atoms with Gasteiger partial charge in [0.25, 0.3) is 0 Å². The van der Waals surface area contributed by atoms with Gasteiger partial charge in [-0.05, 0) is 0 Å². The summed E-state index contributed by atoms with van der Waals surface area (Å²) in [5, 5.41) is 0. The molecule has 1 aromatic rings. The molecule has 0 aliphatic heterocycles. The van der Waals surface area contributed by atoms with E-state index in [2.05, 4.69) is 58.4 Å². The summed E-state index contributed by atoms with van der Waals surface area (Å²) in [6.45, 7) is 12.0. The zero-order valence-corrected chi connectivity index (χ0v) is 18.3. The molecule has 0 aliphatic rings. The number of carbonyl (C=O) groups is 1. The van der Waals surface area contributed by atoms with Gasteiger partial charge in [0.1, 0.15) is 0 Å². The zero-order valence-electron chi connectivity index (χ0n) is 12.8. The van der Waals surface area contributed by atoms with Crippen LogP contribution in [0.4, 0.5) is 0 Å². The van der Waals surface area contributed by atoms with Crippen molar-refractivity contribution in [2.45, 2.75) is 39.1 Å². The van der Waals surface area contributed by atoms with Gasteiger partial charge >= 0.3 is 139 Å². The van der Waals surface area contributed by atoms with Gasteiger partial charge in [0.2, 0.25) is 0 Å². The molecular weight excluding hydrogens is 498 g/mol. The van der Waals surface area contributed by atoms with Crippen LogP contribution in [0.25, 0.3) is 0 Å². The van der Waals surface area contributed by atoms with E-state index in [1.807, 2.05) is 18.7 Å². The van der Waals surface area contributed by atoms with Crippen LogP contribution >= 0.6 is 25.5 Å². The fraction of sp³-hybridized carbons (Fsp3) is 0.533. The van der Waals surface area contributed by atoms with Gasteiger partial charge in [-0.2, -0.15) is 0 Å². The number of halogens is 2. The van der Waals surface area contributed by atoms with Gasteiger partial charge < -0.3 is 0 Å². The van der Waals surface area contributed by atoms with Crippen molar-refractivity contribution in [3.8, 4) is 0 Å². The Balaban J connectivity index is 3.08. The molecule has 2 nitrogen and oxygen atoms in total. The molecule has 0 unspecified atom stereocenters. The van der Waals surface area contributed by atoms with E-state index in [1.54, 1.807) is 0 Å². The van der Waals surface area contributed by atoms with Crippen molar-refractivity contribution in [3.63, 3.8) is 0 Å². The van der Waals surface area contributed by atoms with Crippen molar-refractivity contribution in [1.29, 1.82) is 0 Å². The molecule has 0 saturated carbocycles. The van der Waals surface area contributed by atoms with Crippen molar-refractivity contribution >= 4 is 48.8 Å². The Labute approximate surface area is 138 Å². The van der Waals surface area contributed by atoms with Crippen LogP contribution in [0.3, 0.4) is 0 Å². The van der Waals surface area contributed by atoms with Crippen LogP contribution in [-0.4, -0.2) is 37.7 Å². The second-order valence-electron chi connectivity index (χ2n) is 5.01. The average Bonchev–Trinajstić information content (AvgIpc) is 2.27. The van der Waals surface area contributed by atoms with E-state index >= 15 is 0 Å². The molecule has 0 bridgehead atoms. The van der Waals surface area contributed by atoms with Crippen LogP contribution in [0.15, 0.2) is 12.1 Å². The Morgan fingerprint density at radius 2 is 1.55 bits per heavy atom. The third kappa shape index (κ3) is 4.47. The Morgan fingerprint density at radius 3 is 1.95 bits per heavy atom. The topological polar surface area (TPSA) is 20.3 Å². The minimum atomic E-state index is -2.71. The van der Waals surface area contributed by atoms with Crippen LogP contribution < -0.4 is 3.61 Å². The number of amides is 1. The summed E-state index contributed by atoms with van der Waals surface area (Å²) in [6.07, 6.45) is 0. The Hall–Kier alpha value is 0.440. The van der Waals surface area contributed by atoms with E-state index in [-0.39, 0.29) is 5.91 Å². The standard InChI is InChI=1S/C15H23Br2NOTe/c1-6-18(7-2)14(19)10-20(16,17)15-12(4)8-11(3)9-13(15)5/h8-9H,6-7,10H2,1-5H3. The van der Waals surface area contributed by atoms with Gasteiger partial charge in [-0.1, -0.05) is 0 Å². The summed E-state index contributed by atoms with van der Waals surface area (Å²) < 4.78 is 1.94. The van der Waals surface area contributed by atoms with Crippen molar-refractivity contribution in [3.05, 3.63) is 28.8 Å². The number of nitrogens with zero attached hydrogens (tertiary/aromatic N) is 1. The molecular formula is C15H23Br2NOTe. The molecule has 1 aromatic carbocycles. The van der Waals surface area contributed by atoms with Gasteiger partial charge in [0, 0.05) is 0 Å². The zero-order chi connectivity index (χ0) is 15.5. The molecule has 0 aliphatic carbocycles. The van der Waals surface area contributed by atoms with Crippen molar-refractivity contribution in [2.24, 2.45) is 0 Å². The summed E-state index contributed by atoms with van der Waals surface area (Å²) in [5.74, 6) is 0.240. The third-order valence-corrected chi connectivity index (χ3v) is 16.0. The number of hydrogen-bond donors (Lipinski definition) is 0. The molecule has 5 heteroatoms. The first-order valence-corrected chi connectivity index (χ1v) is 20.0. The second-order valence-corrected chi connectivity index (χ2v) is 30.9. The summed E-state index contributed by atoms with van der Waals surface area (Å²) in [6, 6.07) is 4.40. The number of hydrogen-bond acceptors (Lipinski definition) is 1. The van der Waals surface area contributed by atoms with Gasteiger partial charge in [0.15, 0.2) is 0 Å². The van der Waals surface area contributed by atoms with Crippen LogP contribution in [0.2, 0.25) is 4.47 Å². The maximum atomic E-state index is 12.4. The molecule has 0 aromatic heterocycles. The summed E-state index contributed by atoms with van der Waals surface area (Å²) in [4.78, 5) is 14.3. The first-order valence-electron chi connectivity index (χ1n) is 6.78. The van der Waals surface area contributed by atoms with E-state index in [0.717, 1.165) is 13.1 Å². The number of carbonyl (C=O) groups excluding carboxylic acids is 1. The molecule has 0 fully saturated rings. The fourth-order valence-corrected chi connectivity index (χ4v) is 16.9. The Bertz CT molecular complexity index is 476. The van der Waals surface area contributed by atoms with Gasteiger partial charge in [0.05, 0.1) is 0 Å². The molecule has 0 radical (unpaired) electrons. The first kappa shape index (κ1) is 18.5. The molecule has 114 valence electrons. The normalized spacial score (nSPS) is 12.3. The molecule has 1 rings (SSSR count). The van der Waals surface area contributed by atoms with Crippen LogP contribution in [-0.2, 0) is 4.79 Å². The van der Waals surface area contributed by atoms with Gasteiger partial charge in [-0.15, -0.1) is 0 Å². The quantitative estimate of drug-likeness (QED) is 0.539. The molecule has 0 heterocycles. The number of aryl methyl sites for hydroxylation is 3. The van der Waals surface area contributed by atoms with Crippen molar-refractivity contribution in [1.82, 2.24) is 4.90 Å². The molecule has 1 amide bonds. The molecule has 0 saturated heterocycles. The molecule has 0 atom stereocenters. The van der Waals surface area contributed by atoms with Crippen LogP contribution in [0, 0.1) is 20.8 Å². The number of rotatable bonds is 5. The Morgan fingerprint density at radius 1 is 1.10 bits per heavy atom. The van der Waals surface area contributed by atoms with E-state index in [0.29, 0.717) is 4.47 Å². The van der Waals surface area contributed by atoms with E-state index < -0.39 is 13.8 Å². The maximum absolute atomic E-state index is 12.4. The average molecular weight is 521 g/mol. The van der Waals surface area contributed by atoms with Gasteiger partial charge in [-0.25, -0.2) is 0 Å². The monoisotopic (exact) mass is 521 g/mol. The minimum absolute atomic E-state index is 0.240. The molecule has 0 spiro atoms. The Kier molecular flexibility index (Phi) is 7.05. The van der Waals surface area contributed by atoms with E-state index in [1.165, 1.54) is 20.3 Å². The van der Waals surface area contributed by atoms with Crippen molar-refractivity contribution in [2.75, 3.05) is 13.1 Å². The summed E-state index contributed by atoms with van der Waals surface area (Å²) >= 11 is 5.09. The summed E-state index contributed by atoms with van der Waals surface area (Å²) in [5.41, 5.74) is 3.84. The van der Waals surface area contributed by atoms with E-state index in [9.17, 15) is 4.79 Å².